The molecule has 0 amide bonds. The maximum atomic E-state index is 13.0. The highest BCUT2D eigenvalue weighted by Gasteiger charge is 2.07. The van der Waals surface area contributed by atoms with Crippen molar-refractivity contribution in [1.82, 2.24) is 4.90 Å². The summed E-state index contributed by atoms with van der Waals surface area (Å²) in [6.45, 7) is 5.38. The van der Waals surface area contributed by atoms with E-state index in [4.69, 9.17) is 0 Å². The molecule has 0 radical (unpaired) electrons. The van der Waals surface area contributed by atoms with Crippen LogP contribution in [0, 0.1) is 9.39 Å². The largest absolute Gasteiger partial charge is 0.387 e. The van der Waals surface area contributed by atoms with Crippen molar-refractivity contribution in [3.05, 3.63) is 63.0 Å². The number of hydrogen-bond donors (Lipinski definition) is 1. The Morgan fingerprint density at radius 3 is 2.38 bits per heavy atom. The predicted molar refractivity (Wildman–Crippen MR) is 109 cm³/mol. The molecule has 0 heterocycles. The zero-order valence-corrected chi connectivity index (χ0v) is 16.6. The molecule has 1 N–H and O–H groups in total. The van der Waals surface area contributed by atoms with Gasteiger partial charge in [0.2, 0.25) is 0 Å². The van der Waals surface area contributed by atoms with Crippen LogP contribution in [0.25, 0.3) is 0 Å². The van der Waals surface area contributed by atoms with E-state index in [1.165, 1.54) is 20.4 Å². The molecule has 0 atom stereocenters. The zero-order chi connectivity index (χ0) is 17.4. The molecule has 0 fully saturated rings. The Bertz CT molecular complexity index is 628. The lowest BCUT2D eigenvalue weighted by molar-refractivity contribution is 0.262. The number of rotatable bonds is 9. The second-order valence-corrected chi connectivity index (χ2v) is 7.23. The van der Waals surface area contributed by atoms with Crippen LogP contribution in [0.1, 0.15) is 30.9 Å². The van der Waals surface area contributed by atoms with Gasteiger partial charge in [0, 0.05) is 22.8 Å². The molecule has 0 unspecified atom stereocenters. The van der Waals surface area contributed by atoms with Crippen molar-refractivity contribution in [2.75, 3.05) is 25.5 Å². The zero-order valence-electron chi connectivity index (χ0n) is 14.5. The molecular weight excluding hydrogens is 414 g/mol. The Balaban J connectivity index is 1.89. The summed E-state index contributed by atoms with van der Waals surface area (Å²) in [5, 5.41) is 3.21. The lowest BCUT2D eigenvalue weighted by Crippen LogP contribution is -2.25. The minimum absolute atomic E-state index is 0.161. The third kappa shape index (κ3) is 6.06. The number of benzene rings is 2. The number of aryl methyl sites for hydroxylation is 1. The van der Waals surface area contributed by atoms with Crippen LogP contribution in [-0.2, 0) is 13.0 Å². The standard InChI is InChI=1S/C20H26FIN2/c1-3-12-24(13-4-5-16-6-9-18(21)10-7-16)15-17-8-11-20(23-2)19(22)14-17/h6-11,14,23H,3-5,12-13,15H2,1-2H3. The minimum atomic E-state index is -0.161. The predicted octanol–water partition coefficient (Wildman–Crippen LogP) is 5.32. The van der Waals surface area contributed by atoms with E-state index in [1.807, 2.05) is 19.2 Å². The van der Waals surface area contributed by atoms with Gasteiger partial charge in [0.05, 0.1) is 0 Å². The molecule has 4 heteroatoms. The van der Waals surface area contributed by atoms with Crippen molar-refractivity contribution in [2.24, 2.45) is 0 Å². The number of nitrogens with zero attached hydrogens (tertiary/aromatic N) is 1. The van der Waals surface area contributed by atoms with Gasteiger partial charge in [-0.25, -0.2) is 4.39 Å². The number of hydrogen-bond acceptors (Lipinski definition) is 2. The van der Waals surface area contributed by atoms with Crippen LogP contribution < -0.4 is 5.32 Å². The van der Waals surface area contributed by atoms with Crippen molar-refractivity contribution in [3.8, 4) is 0 Å². The van der Waals surface area contributed by atoms with Crippen molar-refractivity contribution >= 4 is 28.3 Å². The average molecular weight is 440 g/mol. The first-order chi connectivity index (χ1) is 11.6. The first kappa shape index (κ1) is 19.2. The third-order valence-electron chi connectivity index (χ3n) is 4.10. The molecule has 0 spiro atoms. The van der Waals surface area contributed by atoms with Crippen molar-refractivity contribution in [1.29, 1.82) is 0 Å². The molecule has 2 aromatic rings. The lowest BCUT2D eigenvalue weighted by Gasteiger charge is -2.22. The summed E-state index contributed by atoms with van der Waals surface area (Å²) in [4.78, 5) is 2.51. The van der Waals surface area contributed by atoms with Gasteiger partial charge in [-0.2, -0.15) is 0 Å². The van der Waals surface area contributed by atoms with E-state index < -0.39 is 0 Å². The molecule has 130 valence electrons. The van der Waals surface area contributed by atoms with Gasteiger partial charge in [0.1, 0.15) is 5.82 Å². The monoisotopic (exact) mass is 440 g/mol. The van der Waals surface area contributed by atoms with E-state index in [0.29, 0.717) is 0 Å². The first-order valence-electron chi connectivity index (χ1n) is 8.55. The second kappa shape index (κ2) is 9.99. The smallest absolute Gasteiger partial charge is 0.123 e. The van der Waals surface area contributed by atoms with Crippen molar-refractivity contribution < 1.29 is 4.39 Å². The first-order valence-corrected chi connectivity index (χ1v) is 9.63. The van der Waals surface area contributed by atoms with E-state index in [2.05, 4.69) is 57.9 Å². The van der Waals surface area contributed by atoms with E-state index >= 15 is 0 Å². The Labute approximate surface area is 158 Å². The number of nitrogens with one attached hydrogen (secondary N) is 1. The Morgan fingerprint density at radius 2 is 1.75 bits per heavy atom. The molecule has 0 bridgehead atoms. The highest BCUT2D eigenvalue weighted by molar-refractivity contribution is 14.1. The van der Waals surface area contributed by atoms with E-state index in [-0.39, 0.29) is 5.82 Å². The molecule has 2 aromatic carbocycles. The molecule has 2 nitrogen and oxygen atoms in total. The quantitative estimate of drug-likeness (QED) is 0.532. The van der Waals surface area contributed by atoms with Crippen LogP contribution in [0.3, 0.4) is 0 Å². The van der Waals surface area contributed by atoms with Crippen LogP contribution in [0.5, 0.6) is 0 Å². The van der Waals surface area contributed by atoms with Gasteiger partial charge in [-0.15, -0.1) is 0 Å². The summed E-state index contributed by atoms with van der Waals surface area (Å²) in [6.07, 6.45) is 3.25. The van der Waals surface area contributed by atoms with Crippen LogP contribution in [-0.4, -0.2) is 25.0 Å². The van der Waals surface area contributed by atoms with Gasteiger partial charge in [-0.3, -0.25) is 4.90 Å². The molecule has 0 aliphatic carbocycles. The van der Waals surface area contributed by atoms with E-state index in [0.717, 1.165) is 38.9 Å². The van der Waals surface area contributed by atoms with Crippen LogP contribution >= 0.6 is 22.6 Å². The van der Waals surface area contributed by atoms with Gasteiger partial charge in [-0.05, 0) is 90.3 Å². The topological polar surface area (TPSA) is 15.3 Å². The Morgan fingerprint density at radius 1 is 1.04 bits per heavy atom. The minimum Gasteiger partial charge on any atom is -0.387 e. The number of halogens is 2. The van der Waals surface area contributed by atoms with Crippen LogP contribution in [0.2, 0.25) is 0 Å². The molecule has 24 heavy (non-hydrogen) atoms. The van der Waals surface area contributed by atoms with Gasteiger partial charge in [-0.1, -0.05) is 25.1 Å². The summed E-state index contributed by atoms with van der Waals surface area (Å²) in [5.41, 5.74) is 3.74. The normalized spacial score (nSPS) is 11.0. The van der Waals surface area contributed by atoms with E-state index in [9.17, 15) is 4.39 Å². The average Bonchev–Trinajstić information content (AvgIpc) is 2.57. The summed E-state index contributed by atoms with van der Waals surface area (Å²) in [5.74, 6) is -0.161. The summed E-state index contributed by atoms with van der Waals surface area (Å²) in [6, 6.07) is 13.5. The van der Waals surface area contributed by atoms with Crippen LogP contribution in [0.15, 0.2) is 42.5 Å². The fraction of sp³-hybridized carbons (Fsp3) is 0.400. The van der Waals surface area contributed by atoms with Gasteiger partial charge in [0.25, 0.3) is 0 Å². The molecule has 0 aliphatic rings. The molecule has 0 aliphatic heterocycles. The molecule has 0 aromatic heterocycles. The Kier molecular flexibility index (Phi) is 7.99. The molecular formula is C20H26FIN2. The van der Waals surface area contributed by atoms with Gasteiger partial charge in [0.15, 0.2) is 0 Å². The maximum absolute atomic E-state index is 13.0. The number of anilines is 1. The highest BCUT2D eigenvalue weighted by Crippen LogP contribution is 2.20. The van der Waals surface area contributed by atoms with Crippen molar-refractivity contribution in [2.45, 2.75) is 32.7 Å². The summed E-state index contributed by atoms with van der Waals surface area (Å²) < 4.78 is 14.2. The highest BCUT2D eigenvalue weighted by atomic mass is 127. The summed E-state index contributed by atoms with van der Waals surface area (Å²) in [7, 11) is 1.95. The maximum Gasteiger partial charge on any atom is 0.123 e. The molecule has 0 saturated carbocycles. The molecule has 2 rings (SSSR count). The third-order valence-corrected chi connectivity index (χ3v) is 4.99. The van der Waals surface area contributed by atoms with Crippen LogP contribution in [0.4, 0.5) is 10.1 Å². The fourth-order valence-electron chi connectivity index (χ4n) is 2.86. The fourth-order valence-corrected chi connectivity index (χ4v) is 3.71. The summed E-state index contributed by atoms with van der Waals surface area (Å²) >= 11 is 2.38. The van der Waals surface area contributed by atoms with Gasteiger partial charge >= 0.3 is 0 Å². The lowest BCUT2D eigenvalue weighted by atomic mass is 10.1. The van der Waals surface area contributed by atoms with E-state index in [1.54, 1.807) is 12.1 Å². The molecule has 0 saturated heterocycles. The van der Waals surface area contributed by atoms with Gasteiger partial charge < -0.3 is 5.32 Å². The second-order valence-electron chi connectivity index (χ2n) is 6.07. The Hall–Kier alpha value is -1.14. The SMILES string of the molecule is CCCN(CCCc1ccc(F)cc1)Cc1ccc(NC)c(I)c1. The van der Waals surface area contributed by atoms with Crippen molar-refractivity contribution in [3.63, 3.8) is 0 Å².